The second-order valence-electron chi connectivity index (χ2n) is 9.91. The molecule has 1 aliphatic heterocycles. The van der Waals surface area contributed by atoms with Gasteiger partial charge in [-0.15, -0.1) is 0 Å². The van der Waals surface area contributed by atoms with Crippen molar-refractivity contribution in [3.8, 4) is 17.3 Å². The van der Waals surface area contributed by atoms with Crippen LogP contribution in [0, 0.1) is 11.3 Å². The lowest BCUT2D eigenvalue weighted by atomic mass is 10.0. The number of hydrogen-bond donors (Lipinski definition) is 0. The summed E-state index contributed by atoms with van der Waals surface area (Å²) in [5, 5.41) is 15.2. The second-order valence-corrected chi connectivity index (χ2v) is 13.6. The minimum absolute atomic E-state index is 0.568. The number of para-hydroxylation sites is 2. The first-order chi connectivity index (χ1) is 19.8. The molecule has 0 bridgehead atoms. The molecule has 5 aromatic carbocycles. The average Bonchev–Trinajstić information content (AvgIpc) is 3.04. The summed E-state index contributed by atoms with van der Waals surface area (Å²) in [5.41, 5.74) is 5.58. The van der Waals surface area contributed by atoms with E-state index in [4.69, 9.17) is 0 Å². The molecular weight excluding hydrogens is 503 g/mol. The Morgan fingerprint density at radius 1 is 0.575 bits per heavy atom. The molecule has 0 saturated carbocycles. The van der Waals surface area contributed by atoms with Crippen molar-refractivity contribution >= 4 is 45.9 Å². The number of pyridine rings is 1. The van der Waals surface area contributed by atoms with Crippen LogP contribution in [0.25, 0.3) is 11.3 Å². The van der Waals surface area contributed by atoms with E-state index in [9.17, 15) is 5.26 Å². The van der Waals surface area contributed by atoms with Gasteiger partial charge in [-0.3, -0.25) is 4.98 Å². The van der Waals surface area contributed by atoms with Crippen molar-refractivity contribution in [1.82, 2.24) is 4.98 Å². The molecule has 0 unspecified atom stereocenters. The Labute approximate surface area is 235 Å². The molecule has 3 nitrogen and oxygen atoms in total. The minimum atomic E-state index is -2.64. The summed E-state index contributed by atoms with van der Waals surface area (Å²) in [4.78, 5) is 6.94. The van der Waals surface area contributed by atoms with E-state index in [0.717, 1.165) is 11.3 Å². The molecular formula is C36H25N3Si. The SMILES string of the molecule is N#Cc1cccnc1-c1cccc(N2c3ccccc3[Si](c3ccccc3)(c3ccccc3)c3ccccc32)c1. The van der Waals surface area contributed by atoms with Crippen LogP contribution in [0.3, 0.4) is 0 Å². The lowest BCUT2D eigenvalue weighted by Crippen LogP contribution is -2.77. The third-order valence-electron chi connectivity index (χ3n) is 7.82. The van der Waals surface area contributed by atoms with E-state index in [2.05, 4.69) is 143 Å². The zero-order chi connectivity index (χ0) is 26.9. The molecule has 4 heteroatoms. The predicted octanol–water partition coefficient (Wildman–Crippen LogP) is 5.78. The van der Waals surface area contributed by atoms with Gasteiger partial charge in [0.15, 0.2) is 8.07 Å². The monoisotopic (exact) mass is 527 g/mol. The van der Waals surface area contributed by atoms with Crippen molar-refractivity contribution in [2.75, 3.05) is 4.90 Å². The van der Waals surface area contributed by atoms with Gasteiger partial charge in [0.25, 0.3) is 0 Å². The molecule has 0 N–H and O–H groups in total. The third kappa shape index (κ3) is 3.60. The highest BCUT2D eigenvalue weighted by Crippen LogP contribution is 2.39. The zero-order valence-electron chi connectivity index (χ0n) is 21.8. The fourth-order valence-corrected chi connectivity index (χ4v) is 11.3. The average molecular weight is 528 g/mol. The minimum Gasteiger partial charge on any atom is -0.311 e. The lowest BCUT2D eigenvalue weighted by Gasteiger charge is -2.45. The molecule has 7 rings (SSSR count). The number of rotatable bonds is 4. The molecule has 0 amide bonds. The van der Waals surface area contributed by atoms with E-state index >= 15 is 0 Å². The highest BCUT2D eigenvalue weighted by atomic mass is 28.3. The van der Waals surface area contributed by atoms with Crippen LogP contribution < -0.4 is 25.6 Å². The first kappa shape index (κ1) is 23.8. The molecule has 40 heavy (non-hydrogen) atoms. The summed E-state index contributed by atoms with van der Waals surface area (Å²) in [7, 11) is -2.64. The number of fused-ring (bicyclic) bond motifs is 2. The van der Waals surface area contributed by atoms with Crippen LogP contribution in [-0.4, -0.2) is 13.1 Å². The van der Waals surface area contributed by atoms with E-state index in [1.54, 1.807) is 12.3 Å². The Balaban J connectivity index is 1.53. The molecule has 0 spiro atoms. The molecule has 0 aliphatic carbocycles. The van der Waals surface area contributed by atoms with Gasteiger partial charge in [0.1, 0.15) is 6.07 Å². The number of anilines is 3. The van der Waals surface area contributed by atoms with E-state index in [1.807, 2.05) is 12.1 Å². The Kier molecular flexibility index (Phi) is 5.85. The van der Waals surface area contributed by atoms with E-state index in [1.165, 1.54) is 32.1 Å². The Morgan fingerprint density at radius 2 is 1.15 bits per heavy atom. The molecule has 1 aromatic heterocycles. The number of aromatic nitrogens is 1. The van der Waals surface area contributed by atoms with E-state index < -0.39 is 8.07 Å². The maximum absolute atomic E-state index is 9.74. The molecule has 2 heterocycles. The molecule has 0 fully saturated rings. The maximum atomic E-state index is 9.74. The van der Waals surface area contributed by atoms with Gasteiger partial charge in [-0.2, -0.15) is 5.26 Å². The fraction of sp³-hybridized carbons (Fsp3) is 0. The van der Waals surface area contributed by atoms with Crippen molar-refractivity contribution in [3.05, 3.63) is 157 Å². The van der Waals surface area contributed by atoms with Gasteiger partial charge in [0, 0.05) is 28.8 Å². The summed E-state index contributed by atoms with van der Waals surface area (Å²) in [6.45, 7) is 0. The second kappa shape index (κ2) is 9.81. The van der Waals surface area contributed by atoms with Crippen molar-refractivity contribution in [2.45, 2.75) is 0 Å². The van der Waals surface area contributed by atoms with Crippen LogP contribution in [0.15, 0.2) is 152 Å². The Hall–Kier alpha value is -5.24. The highest BCUT2D eigenvalue weighted by molar-refractivity contribution is 7.21. The van der Waals surface area contributed by atoms with Crippen LogP contribution in [0.1, 0.15) is 5.56 Å². The highest BCUT2D eigenvalue weighted by Gasteiger charge is 2.48. The standard InChI is InChI=1S/C36H25N3Si/c37-26-28-14-12-24-38-36(28)27-13-11-15-29(25-27)39-32-20-7-9-22-34(32)40(30-16-3-1-4-17-30,31-18-5-2-6-19-31)35-23-10-8-21-33(35)39/h1-25H. The van der Waals surface area contributed by atoms with Gasteiger partial charge in [0.05, 0.1) is 11.3 Å². The molecule has 188 valence electrons. The first-order valence-electron chi connectivity index (χ1n) is 13.4. The number of nitrogens with zero attached hydrogens (tertiary/aromatic N) is 3. The number of nitriles is 1. The third-order valence-corrected chi connectivity index (χ3v) is 12.7. The number of hydrogen-bond acceptors (Lipinski definition) is 3. The maximum Gasteiger partial charge on any atom is 0.184 e. The summed E-state index contributed by atoms with van der Waals surface area (Å²) in [6.07, 6.45) is 1.74. The quantitative estimate of drug-likeness (QED) is 0.273. The van der Waals surface area contributed by atoms with E-state index in [-0.39, 0.29) is 0 Å². The van der Waals surface area contributed by atoms with Gasteiger partial charge in [0.2, 0.25) is 0 Å². The molecule has 0 radical (unpaired) electrons. The molecule has 0 saturated heterocycles. The summed E-state index contributed by atoms with van der Waals surface area (Å²) in [5.74, 6) is 0. The van der Waals surface area contributed by atoms with Crippen LogP contribution >= 0.6 is 0 Å². The van der Waals surface area contributed by atoms with Crippen molar-refractivity contribution in [3.63, 3.8) is 0 Å². The van der Waals surface area contributed by atoms with Crippen LogP contribution in [0.4, 0.5) is 17.1 Å². The largest absolute Gasteiger partial charge is 0.311 e. The van der Waals surface area contributed by atoms with Crippen molar-refractivity contribution < 1.29 is 0 Å². The molecule has 0 atom stereocenters. The van der Waals surface area contributed by atoms with Crippen LogP contribution in [0.2, 0.25) is 0 Å². The van der Waals surface area contributed by atoms with E-state index in [0.29, 0.717) is 11.3 Å². The van der Waals surface area contributed by atoms with Crippen LogP contribution in [0.5, 0.6) is 0 Å². The summed E-state index contributed by atoms with van der Waals surface area (Å²) >= 11 is 0. The fourth-order valence-electron chi connectivity index (χ4n) is 6.21. The number of benzene rings is 5. The van der Waals surface area contributed by atoms with Crippen LogP contribution in [-0.2, 0) is 0 Å². The Morgan fingerprint density at radius 3 is 1.75 bits per heavy atom. The smallest absolute Gasteiger partial charge is 0.184 e. The first-order valence-corrected chi connectivity index (χ1v) is 15.4. The normalized spacial score (nSPS) is 13.1. The summed E-state index contributed by atoms with van der Waals surface area (Å²) in [6, 6.07) is 54.1. The Bertz CT molecular complexity index is 1790. The molecule has 1 aliphatic rings. The lowest BCUT2D eigenvalue weighted by molar-refractivity contribution is 1.27. The topological polar surface area (TPSA) is 39.9 Å². The van der Waals surface area contributed by atoms with Crippen molar-refractivity contribution in [2.24, 2.45) is 0 Å². The van der Waals surface area contributed by atoms with Gasteiger partial charge in [-0.25, -0.2) is 0 Å². The van der Waals surface area contributed by atoms with Gasteiger partial charge in [-0.1, -0.05) is 109 Å². The predicted molar refractivity (Wildman–Crippen MR) is 166 cm³/mol. The summed E-state index contributed by atoms with van der Waals surface area (Å²) < 4.78 is 0. The van der Waals surface area contributed by atoms with Crippen molar-refractivity contribution in [1.29, 1.82) is 5.26 Å². The van der Waals surface area contributed by atoms with Gasteiger partial charge >= 0.3 is 0 Å². The molecule has 6 aromatic rings. The zero-order valence-corrected chi connectivity index (χ0v) is 22.8. The van der Waals surface area contributed by atoms with Gasteiger partial charge in [-0.05, 0) is 57.1 Å². The van der Waals surface area contributed by atoms with Gasteiger partial charge < -0.3 is 4.90 Å².